The zero-order chi connectivity index (χ0) is 24.3. The highest BCUT2D eigenvalue weighted by Crippen LogP contribution is 2.65. The summed E-state index contributed by atoms with van der Waals surface area (Å²) in [4.78, 5) is 42.8. The fraction of sp³-hybridized carbons (Fsp3) is 0.542. The number of aliphatic carboxylic acids is 1. The molecule has 0 radical (unpaired) electrons. The van der Waals surface area contributed by atoms with Gasteiger partial charge in [0, 0.05) is 13.1 Å². The number of hydrogen-bond acceptors (Lipinski definition) is 5. The molecule has 3 fully saturated rings. The van der Waals surface area contributed by atoms with Crippen LogP contribution in [0.1, 0.15) is 25.8 Å². The Morgan fingerprint density at radius 2 is 2.12 bits per heavy atom. The number of hydrogen-bond donors (Lipinski definition) is 2. The third-order valence-electron chi connectivity index (χ3n) is 7.69. The number of aryl methyl sites for hydroxylation is 1. The molecule has 2 bridgehead atoms. The molecule has 2 amide bonds. The summed E-state index contributed by atoms with van der Waals surface area (Å²) in [6.45, 7) is 8.88. The predicted octanol–water partition coefficient (Wildman–Crippen LogP) is 2.26. The van der Waals surface area contributed by atoms with Crippen molar-refractivity contribution in [3.63, 3.8) is 0 Å². The summed E-state index contributed by atoms with van der Waals surface area (Å²) in [5.41, 5.74) is -1.10. The van der Waals surface area contributed by atoms with Gasteiger partial charge in [-0.2, -0.15) is 0 Å². The first-order valence-corrected chi connectivity index (χ1v) is 11.4. The summed E-state index contributed by atoms with van der Waals surface area (Å²) in [5.74, 6) is -4.29. The van der Waals surface area contributed by atoms with E-state index in [4.69, 9.17) is 16.3 Å². The molecule has 8 nitrogen and oxygen atoms in total. The second kappa shape index (κ2) is 8.11. The van der Waals surface area contributed by atoms with Crippen molar-refractivity contribution in [2.45, 2.75) is 44.4 Å². The second-order valence-corrected chi connectivity index (χ2v) is 9.85. The number of carboxylic acid groups (broad SMARTS) is 1. The zero-order valence-electron chi connectivity index (χ0n) is 19.0. The van der Waals surface area contributed by atoms with Crippen LogP contribution in [-0.4, -0.2) is 69.8 Å². The van der Waals surface area contributed by atoms with E-state index in [1.165, 1.54) is 9.80 Å². The minimum atomic E-state index is -1.30. The number of aliphatic hydroxyl groups excluding tert-OH is 1. The van der Waals surface area contributed by atoms with E-state index < -0.39 is 46.9 Å². The Morgan fingerprint density at radius 1 is 1.42 bits per heavy atom. The number of nitrogens with zero attached hydrogens (tertiary/aromatic N) is 2. The normalized spacial score (nSPS) is 34.5. The lowest BCUT2D eigenvalue weighted by atomic mass is 9.62. The first-order chi connectivity index (χ1) is 15.5. The van der Waals surface area contributed by atoms with Crippen molar-refractivity contribution >= 4 is 35.1 Å². The lowest BCUT2D eigenvalue weighted by Crippen LogP contribution is -2.57. The van der Waals surface area contributed by atoms with Crippen LogP contribution in [-0.2, 0) is 19.1 Å². The standard InChI is InChI=1S/C24H29ClN2O6/c1-5-9-26(18-13(2)7-6-8-15(18)25)21(30)19-24-12-14(3)23(4,33-24)17(22(31)32)16(24)20(29)27(19)10-11-28/h5-8,14,16-17,19,28H,1,9-12H2,2-4H3,(H,31,32)/t14?,16-,17-,19?,23+,24?/m0/s1. The topological polar surface area (TPSA) is 107 Å². The first kappa shape index (κ1) is 23.7. The first-order valence-electron chi connectivity index (χ1n) is 11.1. The molecule has 0 aliphatic carbocycles. The number of aliphatic hydroxyl groups is 1. The van der Waals surface area contributed by atoms with E-state index in [1.807, 2.05) is 19.9 Å². The number of carbonyl (C=O) groups excluding carboxylic acids is 2. The Morgan fingerprint density at radius 3 is 2.70 bits per heavy atom. The average Bonchev–Trinajstić information content (AvgIpc) is 3.24. The van der Waals surface area contributed by atoms with Crippen molar-refractivity contribution in [2.75, 3.05) is 24.6 Å². The number of halogens is 1. The van der Waals surface area contributed by atoms with Gasteiger partial charge in [0.15, 0.2) is 0 Å². The Balaban J connectivity index is 1.87. The number of rotatable bonds is 7. The van der Waals surface area contributed by atoms with Gasteiger partial charge in [-0.3, -0.25) is 14.4 Å². The Bertz CT molecular complexity index is 1010. The van der Waals surface area contributed by atoms with Gasteiger partial charge in [0.25, 0.3) is 5.91 Å². The molecule has 1 aromatic rings. The van der Waals surface area contributed by atoms with Crippen LogP contribution < -0.4 is 4.90 Å². The van der Waals surface area contributed by atoms with Crippen molar-refractivity contribution in [3.8, 4) is 0 Å². The van der Waals surface area contributed by atoms with Crippen molar-refractivity contribution in [1.29, 1.82) is 0 Å². The monoisotopic (exact) mass is 476 g/mol. The molecule has 6 atom stereocenters. The second-order valence-electron chi connectivity index (χ2n) is 9.44. The summed E-state index contributed by atoms with van der Waals surface area (Å²) in [6, 6.07) is 4.20. The summed E-state index contributed by atoms with van der Waals surface area (Å²) < 4.78 is 6.43. The quantitative estimate of drug-likeness (QED) is 0.584. The van der Waals surface area contributed by atoms with Gasteiger partial charge in [0.2, 0.25) is 5.91 Å². The van der Waals surface area contributed by atoms with E-state index in [0.717, 1.165) is 5.56 Å². The van der Waals surface area contributed by atoms with Gasteiger partial charge in [-0.15, -0.1) is 6.58 Å². The summed E-state index contributed by atoms with van der Waals surface area (Å²) >= 11 is 6.48. The predicted molar refractivity (Wildman–Crippen MR) is 122 cm³/mol. The highest BCUT2D eigenvalue weighted by Gasteiger charge is 2.80. The maximum atomic E-state index is 14.2. The van der Waals surface area contributed by atoms with E-state index in [0.29, 0.717) is 17.1 Å². The Kier molecular flexibility index (Phi) is 5.83. The molecule has 2 N–H and O–H groups in total. The van der Waals surface area contributed by atoms with Gasteiger partial charge in [0.05, 0.1) is 28.8 Å². The number of amides is 2. The van der Waals surface area contributed by atoms with E-state index >= 15 is 0 Å². The van der Waals surface area contributed by atoms with Gasteiger partial charge < -0.3 is 24.7 Å². The van der Waals surface area contributed by atoms with Crippen LogP contribution in [0.15, 0.2) is 30.9 Å². The maximum absolute atomic E-state index is 14.2. The summed E-state index contributed by atoms with van der Waals surface area (Å²) in [5, 5.41) is 20.1. The van der Waals surface area contributed by atoms with Crippen LogP contribution in [0.3, 0.4) is 0 Å². The number of ether oxygens (including phenoxy) is 1. The van der Waals surface area contributed by atoms with Crippen molar-refractivity contribution in [3.05, 3.63) is 41.4 Å². The van der Waals surface area contributed by atoms with Gasteiger partial charge in [-0.05, 0) is 37.8 Å². The molecule has 3 heterocycles. The number of carboxylic acids is 1. The molecule has 3 aliphatic rings. The van der Waals surface area contributed by atoms with Gasteiger partial charge in [-0.25, -0.2) is 0 Å². The number of likely N-dealkylation sites (tertiary alicyclic amines) is 1. The summed E-state index contributed by atoms with van der Waals surface area (Å²) in [6.07, 6.45) is 1.94. The fourth-order valence-corrected chi connectivity index (χ4v) is 6.60. The Hall–Kier alpha value is -2.42. The molecule has 1 aromatic carbocycles. The molecular formula is C24H29ClN2O6. The molecule has 33 heavy (non-hydrogen) atoms. The third kappa shape index (κ3) is 3.15. The fourth-order valence-electron chi connectivity index (χ4n) is 6.28. The van der Waals surface area contributed by atoms with Gasteiger partial charge in [-0.1, -0.05) is 36.7 Å². The molecule has 9 heteroatoms. The minimum absolute atomic E-state index is 0.0995. The van der Waals surface area contributed by atoms with Gasteiger partial charge in [0.1, 0.15) is 17.6 Å². The lowest BCUT2D eigenvalue weighted by molar-refractivity contribution is -0.156. The highest BCUT2D eigenvalue weighted by atomic mass is 35.5. The molecule has 3 unspecified atom stereocenters. The van der Waals surface area contributed by atoms with Gasteiger partial charge >= 0.3 is 5.97 Å². The maximum Gasteiger partial charge on any atom is 0.310 e. The van der Waals surface area contributed by atoms with Crippen LogP contribution in [0.2, 0.25) is 5.02 Å². The number of carbonyl (C=O) groups is 3. The van der Waals surface area contributed by atoms with E-state index in [1.54, 1.807) is 25.1 Å². The summed E-state index contributed by atoms with van der Waals surface area (Å²) in [7, 11) is 0. The molecule has 3 aliphatic heterocycles. The number of para-hydroxylation sites is 1. The van der Waals surface area contributed by atoms with Crippen LogP contribution in [0.4, 0.5) is 5.69 Å². The molecule has 0 aromatic heterocycles. The molecule has 4 rings (SSSR count). The van der Waals surface area contributed by atoms with E-state index in [2.05, 4.69) is 6.58 Å². The third-order valence-corrected chi connectivity index (χ3v) is 8.00. The van der Waals surface area contributed by atoms with Crippen molar-refractivity contribution in [1.82, 2.24) is 4.90 Å². The molecule has 0 saturated carbocycles. The van der Waals surface area contributed by atoms with Crippen molar-refractivity contribution < 1.29 is 29.3 Å². The molecule has 3 saturated heterocycles. The van der Waals surface area contributed by atoms with Crippen LogP contribution in [0.25, 0.3) is 0 Å². The SMILES string of the molecule is C=CCN(C(=O)C1N(CCO)C(=O)[C@@H]2[C@@H](C(=O)O)[C@]3(C)OC12CC3C)c1c(C)cccc1Cl. The average molecular weight is 477 g/mol. The molecule has 178 valence electrons. The minimum Gasteiger partial charge on any atom is -0.481 e. The number of anilines is 1. The van der Waals surface area contributed by atoms with Crippen LogP contribution in [0, 0.1) is 24.7 Å². The van der Waals surface area contributed by atoms with Crippen LogP contribution >= 0.6 is 11.6 Å². The Labute approximate surface area is 197 Å². The number of benzene rings is 1. The smallest absolute Gasteiger partial charge is 0.310 e. The zero-order valence-corrected chi connectivity index (χ0v) is 19.7. The van der Waals surface area contributed by atoms with Crippen molar-refractivity contribution in [2.24, 2.45) is 17.8 Å². The van der Waals surface area contributed by atoms with E-state index in [9.17, 15) is 24.6 Å². The molecular weight excluding hydrogens is 448 g/mol. The largest absolute Gasteiger partial charge is 0.481 e. The van der Waals surface area contributed by atoms with E-state index in [-0.39, 0.29) is 25.6 Å². The molecule has 1 spiro atoms. The van der Waals surface area contributed by atoms with Crippen LogP contribution in [0.5, 0.6) is 0 Å². The number of β-amino-alcohol motifs (C(OH)–C–C–N with tert-alkyl or cyclic N) is 1. The number of fused-ring (bicyclic) bond motifs is 1. The highest BCUT2D eigenvalue weighted by molar-refractivity contribution is 6.34. The lowest BCUT2D eigenvalue weighted by Gasteiger charge is -2.37.